The van der Waals surface area contributed by atoms with Gasteiger partial charge in [0, 0.05) is 18.3 Å². The van der Waals surface area contributed by atoms with E-state index >= 15 is 0 Å². The predicted octanol–water partition coefficient (Wildman–Crippen LogP) is 3.33. The molecule has 2 aromatic rings. The first kappa shape index (κ1) is 13.6. The third-order valence-electron chi connectivity index (χ3n) is 2.91. The number of rotatable bonds is 5. The minimum absolute atomic E-state index is 0.148. The normalized spacial score (nSPS) is 12.2. The Kier molecular flexibility index (Phi) is 4.53. The van der Waals surface area contributed by atoms with E-state index in [0.717, 1.165) is 24.2 Å². The summed E-state index contributed by atoms with van der Waals surface area (Å²) in [5.41, 5.74) is 8.18. The molecule has 0 aliphatic heterocycles. The summed E-state index contributed by atoms with van der Waals surface area (Å²) >= 11 is 0. The van der Waals surface area contributed by atoms with Crippen LogP contribution in [0.15, 0.2) is 42.6 Å². The molecule has 1 aromatic heterocycles. The number of pyridine rings is 1. The zero-order valence-corrected chi connectivity index (χ0v) is 11.5. The van der Waals surface area contributed by atoms with Gasteiger partial charge < -0.3 is 10.5 Å². The molecule has 2 rings (SSSR count). The highest BCUT2D eigenvalue weighted by Crippen LogP contribution is 2.20. The quantitative estimate of drug-likeness (QED) is 0.892. The van der Waals surface area contributed by atoms with E-state index in [1.54, 1.807) is 0 Å². The number of hydrogen-bond donors (Lipinski definition) is 1. The van der Waals surface area contributed by atoms with Gasteiger partial charge in [0.15, 0.2) is 0 Å². The maximum absolute atomic E-state index is 5.75. The smallest absolute Gasteiger partial charge is 0.219 e. The molecule has 0 radical (unpaired) electrons. The Morgan fingerprint density at radius 2 is 1.79 bits per heavy atom. The number of aromatic nitrogens is 1. The van der Waals surface area contributed by atoms with Gasteiger partial charge in [0.25, 0.3) is 0 Å². The minimum Gasteiger partial charge on any atom is -0.439 e. The van der Waals surface area contributed by atoms with E-state index < -0.39 is 0 Å². The van der Waals surface area contributed by atoms with E-state index in [1.165, 1.54) is 5.56 Å². The number of ether oxygens (including phenoxy) is 1. The molecule has 0 amide bonds. The van der Waals surface area contributed by atoms with Gasteiger partial charge in [-0.2, -0.15) is 0 Å². The summed E-state index contributed by atoms with van der Waals surface area (Å²) in [6, 6.07) is 12.1. The van der Waals surface area contributed by atoms with Crippen LogP contribution in [0.2, 0.25) is 0 Å². The summed E-state index contributed by atoms with van der Waals surface area (Å²) in [7, 11) is 0. The first-order valence-electron chi connectivity index (χ1n) is 6.64. The Bertz CT molecular complexity index is 503. The van der Waals surface area contributed by atoms with Crippen LogP contribution in [-0.4, -0.2) is 11.0 Å². The van der Waals surface area contributed by atoms with Crippen molar-refractivity contribution in [1.29, 1.82) is 0 Å². The highest BCUT2D eigenvalue weighted by atomic mass is 16.5. The molecule has 0 bridgehead atoms. The summed E-state index contributed by atoms with van der Waals surface area (Å²) in [5.74, 6) is 1.42. The molecule has 1 atom stereocenters. The van der Waals surface area contributed by atoms with E-state index in [4.69, 9.17) is 10.5 Å². The number of hydrogen-bond acceptors (Lipinski definition) is 3. The van der Waals surface area contributed by atoms with Gasteiger partial charge in [-0.05, 0) is 43.0 Å². The predicted molar refractivity (Wildman–Crippen MR) is 77.5 cm³/mol. The highest BCUT2D eigenvalue weighted by molar-refractivity contribution is 5.31. The molecule has 0 saturated heterocycles. The first-order valence-corrected chi connectivity index (χ1v) is 6.64. The standard InChI is InChI=1S/C16H20N2O/c1-3-13-4-7-15(8-5-13)19-16-9-6-14(11-18-16)10-12(2)17/h4-9,11-12H,3,10,17H2,1-2H3. The van der Waals surface area contributed by atoms with Crippen LogP contribution < -0.4 is 10.5 Å². The number of nitrogens with zero attached hydrogens (tertiary/aromatic N) is 1. The largest absolute Gasteiger partial charge is 0.439 e. The average Bonchev–Trinajstić information content (AvgIpc) is 2.41. The van der Waals surface area contributed by atoms with Gasteiger partial charge in [-0.15, -0.1) is 0 Å². The molecule has 3 nitrogen and oxygen atoms in total. The van der Waals surface area contributed by atoms with Gasteiger partial charge in [-0.1, -0.05) is 25.1 Å². The Morgan fingerprint density at radius 1 is 1.11 bits per heavy atom. The van der Waals surface area contributed by atoms with Crippen molar-refractivity contribution in [2.45, 2.75) is 32.7 Å². The van der Waals surface area contributed by atoms with Crippen LogP contribution in [0.4, 0.5) is 0 Å². The van der Waals surface area contributed by atoms with Crippen molar-refractivity contribution < 1.29 is 4.74 Å². The summed E-state index contributed by atoms with van der Waals surface area (Å²) in [6.07, 6.45) is 3.68. The Hall–Kier alpha value is -1.87. The van der Waals surface area contributed by atoms with Gasteiger partial charge in [0.2, 0.25) is 5.88 Å². The number of benzene rings is 1. The summed E-state index contributed by atoms with van der Waals surface area (Å²) in [5, 5.41) is 0. The van der Waals surface area contributed by atoms with E-state index in [9.17, 15) is 0 Å². The molecule has 3 heteroatoms. The van der Waals surface area contributed by atoms with Crippen LogP contribution in [0.1, 0.15) is 25.0 Å². The molecule has 100 valence electrons. The van der Waals surface area contributed by atoms with Crippen LogP contribution in [0.5, 0.6) is 11.6 Å². The van der Waals surface area contributed by atoms with Crippen molar-refractivity contribution in [2.24, 2.45) is 5.73 Å². The second-order valence-electron chi connectivity index (χ2n) is 4.79. The summed E-state index contributed by atoms with van der Waals surface area (Å²) in [6.45, 7) is 4.12. The molecular weight excluding hydrogens is 236 g/mol. The summed E-state index contributed by atoms with van der Waals surface area (Å²) < 4.78 is 5.70. The van der Waals surface area contributed by atoms with Crippen LogP contribution in [0, 0.1) is 0 Å². The molecular formula is C16H20N2O. The van der Waals surface area contributed by atoms with Crippen molar-refractivity contribution >= 4 is 0 Å². The lowest BCUT2D eigenvalue weighted by Crippen LogP contribution is -2.17. The zero-order chi connectivity index (χ0) is 13.7. The second kappa shape index (κ2) is 6.34. The Labute approximate surface area is 114 Å². The first-order chi connectivity index (χ1) is 9.17. The van der Waals surface area contributed by atoms with Crippen molar-refractivity contribution in [2.75, 3.05) is 0 Å². The lowest BCUT2D eigenvalue weighted by Gasteiger charge is -2.07. The fourth-order valence-corrected chi connectivity index (χ4v) is 1.88. The molecule has 0 aliphatic carbocycles. The molecule has 0 saturated carbocycles. The van der Waals surface area contributed by atoms with Crippen molar-refractivity contribution in [3.05, 3.63) is 53.7 Å². The molecule has 1 unspecified atom stereocenters. The fraction of sp³-hybridized carbons (Fsp3) is 0.312. The molecule has 2 N–H and O–H groups in total. The average molecular weight is 256 g/mol. The van der Waals surface area contributed by atoms with E-state index in [-0.39, 0.29) is 6.04 Å². The SMILES string of the molecule is CCc1ccc(Oc2ccc(CC(C)N)cn2)cc1. The molecule has 1 heterocycles. The monoisotopic (exact) mass is 256 g/mol. The van der Waals surface area contributed by atoms with Crippen LogP contribution in [-0.2, 0) is 12.8 Å². The van der Waals surface area contributed by atoms with Crippen LogP contribution >= 0.6 is 0 Å². The van der Waals surface area contributed by atoms with Crippen LogP contribution in [0.25, 0.3) is 0 Å². The second-order valence-corrected chi connectivity index (χ2v) is 4.79. The molecule has 0 aliphatic rings. The minimum atomic E-state index is 0.148. The maximum Gasteiger partial charge on any atom is 0.219 e. The third-order valence-corrected chi connectivity index (χ3v) is 2.91. The van der Waals surface area contributed by atoms with E-state index in [0.29, 0.717) is 5.88 Å². The molecule has 19 heavy (non-hydrogen) atoms. The van der Waals surface area contributed by atoms with E-state index in [2.05, 4.69) is 24.0 Å². The fourth-order valence-electron chi connectivity index (χ4n) is 1.88. The van der Waals surface area contributed by atoms with Crippen molar-refractivity contribution in [3.63, 3.8) is 0 Å². The maximum atomic E-state index is 5.75. The van der Waals surface area contributed by atoms with Crippen molar-refractivity contribution in [3.8, 4) is 11.6 Å². The number of aryl methyl sites for hydroxylation is 1. The summed E-state index contributed by atoms with van der Waals surface area (Å²) in [4.78, 5) is 4.29. The molecule has 0 fully saturated rings. The van der Waals surface area contributed by atoms with Gasteiger partial charge >= 0.3 is 0 Å². The lowest BCUT2D eigenvalue weighted by atomic mass is 10.1. The Morgan fingerprint density at radius 3 is 2.32 bits per heavy atom. The molecule has 0 spiro atoms. The number of nitrogens with two attached hydrogens (primary N) is 1. The van der Waals surface area contributed by atoms with Gasteiger partial charge in [-0.3, -0.25) is 0 Å². The van der Waals surface area contributed by atoms with Crippen LogP contribution in [0.3, 0.4) is 0 Å². The third kappa shape index (κ3) is 4.07. The van der Waals surface area contributed by atoms with E-state index in [1.807, 2.05) is 37.4 Å². The van der Waals surface area contributed by atoms with Gasteiger partial charge in [-0.25, -0.2) is 4.98 Å². The topological polar surface area (TPSA) is 48.1 Å². The van der Waals surface area contributed by atoms with Gasteiger partial charge in [0.05, 0.1) is 0 Å². The highest BCUT2D eigenvalue weighted by Gasteiger charge is 2.01. The zero-order valence-electron chi connectivity index (χ0n) is 11.5. The Balaban J connectivity index is 2.02. The van der Waals surface area contributed by atoms with Crippen molar-refractivity contribution in [1.82, 2.24) is 4.98 Å². The van der Waals surface area contributed by atoms with Gasteiger partial charge in [0.1, 0.15) is 5.75 Å². The lowest BCUT2D eigenvalue weighted by molar-refractivity contribution is 0.462. The molecule has 1 aromatic carbocycles.